The zero-order valence-corrected chi connectivity index (χ0v) is 16.1. The SMILES string of the molecule is O=C(N1CCN(c2ccc(Cl)cn2)CC1)C1(c2ccc(Br)cc2)CC1. The lowest BCUT2D eigenvalue weighted by Gasteiger charge is -2.37. The fourth-order valence-electron chi connectivity index (χ4n) is 3.52. The molecule has 0 atom stereocenters. The number of aromatic nitrogens is 1. The molecule has 25 heavy (non-hydrogen) atoms. The van der Waals surface area contributed by atoms with Crippen molar-refractivity contribution >= 4 is 39.3 Å². The zero-order chi connectivity index (χ0) is 17.4. The highest BCUT2D eigenvalue weighted by Crippen LogP contribution is 2.49. The fraction of sp³-hybridized carbons (Fsp3) is 0.368. The van der Waals surface area contributed by atoms with E-state index in [2.05, 4.69) is 37.9 Å². The van der Waals surface area contributed by atoms with Crippen molar-refractivity contribution in [1.29, 1.82) is 0 Å². The van der Waals surface area contributed by atoms with Gasteiger partial charge in [-0.15, -0.1) is 0 Å². The molecule has 130 valence electrons. The predicted octanol–water partition coefficient (Wildman–Crippen LogP) is 3.88. The first kappa shape index (κ1) is 16.9. The van der Waals surface area contributed by atoms with Crippen molar-refractivity contribution in [1.82, 2.24) is 9.88 Å². The highest BCUT2D eigenvalue weighted by molar-refractivity contribution is 9.10. The van der Waals surface area contributed by atoms with E-state index in [4.69, 9.17) is 11.6 Å². The summed E-state index contributed by atoms with van der Waals surface area (Å²) in [5, 5.41) is 0.641. The summed E-state index contributed by atoms with van der Waals surface area (Å²) in [6.07, 6.45) is 3.57. The second kappa shape index (κ2) is 6.61. The van der Waals surface area contributed by atoms with E-state index in [-0.39, 0.29) is 11.3 Å². The second-order valence-electron chi connectivity index (χ2n) is 6.70. The third-order valence-electron chi connectivity index (χ3n) is 5.16. The third kappa shape index (κ3) is 3.27. The normalized spacial score (nSPS) is 19.0. The number of carbonyl (C=O) groups is 1. The fourth-order valence-corrected chi connectivity index (χ4v) is 3.89. The Morgan fingerprint density at radius 3 is 2.28 bits per heavy atom. The molecule has 1 saturated heterocycles. The first-order valence-corrected chi connectivity index (χ1v) is 9.67. The van der Waals surface area contributed by atoms with Gasteiger partial charge in [0.2, 0.25) is 5.91 Å². The van der Waals surface area contributed by atoms with Gasteiger partial charge in [-0.1, -0.05) is 39.7 Å². The first-order chi connectivity index (χ1) is 12.1. The van der Waals surface area contributed by atoms with Gasteiger partial charge in [0.05, 0.1) is 10.4 Å². The molecule has 1 saturated carbocycles. The number of pyridine rings is 1. The van der Waals surface area contributed by atoms with E-state index in [0.717, 1.165) is 54.9 Å². The Bertz CT molecular complexity index is 766. The maximum atomic E-state index is 13.1. The number of amides is 1. The van der Waals surface area contributed by atoms with Gasteiger partial charge in [0.15, 0.2) is 0 Å². The van der Waals surface area contributed by atoms with Crippen LogP contribution < -0.4 is 4.90 Å². The van der Waals surface area contributed by atoms with Crippen molar-refractivity contribution in [3.05, 3.63) is 57.7 Å². The molecule has 0 unspecified atom stereocenters. The molecular weight excluding hydrogens is 402 g/mol. The lowest BCUT2D eigenvalue weighted by Crippen LogP contribution is -2.51. The van der Waals surface area contributed by atoms with Crippen LogP contribution in [0.2, 0.25) is 5.02 Å². The molecule has 4 rings (SSSR count). The van der Waals surface area contributed by atoms with Crippen molar-refractivity contribution in [3.8, 4) is 0 Å². The quantitative estimate of drug-likeness (QED) is 0.756. The molecule has 2 heterocycles. The van der Waals surface area contributed by atoms with E-state index in [9.17, 15) is 4.79 Å². The van der Waals surface area contributed by atoms with Crippen LogP contribution in [-0.2, 0) is 10.2 Å². The number of rotatable bonds is 3. The molecule has 0 spiro atoms. The van der Waals surface area contributed by atoms with Gasteiger partial charge in [0.25, 0.3) is 0 Å². The van der Waals surface area contributed by atoms with Gasteiger partial charge in [0, 0.05) is 36.8 Å². The van der Waals surface area contributed by atoms with Crippen LogP contribution in [0.3, 0.4) is 0 Å². The van der Waals surface area contributed by atoms with Crippen LogP contribution >= 0.6 is 27.5 Å². The summed E-state index contributed by atoms with van der Waals surface area (Å²) in [7, 11) is 0. The first-order valence-electron chi connectivity index (χ1n) is 8.50. The van der Waals surface area contributed by atoms with Gasteiger partial charge in [0.1, 0.15) is 5.82 Å². The molecule has 2 fully saturated rings. The number of halogens is 2. The highest BCUT2D eigenvalue weighted by Gasteiger charge is 2.53. The van der Waals surface area contributed by atoms with E-state index in [1.54, 1.807) is 6.20 Å². The summed E-state index contributed by atoms with van der Waals surface area (Å²) in [5.41, 5.74) is 0.851. The molecule has 1 aliphatic carbocycles. The standard InChI is InChI=1S/C19H19BrClN3O/c20-15-3-1-14(2-4-15)19(7-8-19)18(25)24-11-9-23(10-12-24)17-6-5-16(21)13-22-17/h1-6,13H,7-12H2. The van der Waals surface area contributed by atoms with E-state index in [1.807, 2.05) is 29.2 Å². The largest absolute Gasteiger partial charge is 0.353 e. The topological polar surface area (TPSA) is 36.4 Å². The van der Waals surface area contributed by atoms with Crippen LogP contribution in [0.15, 0.2) is 47.1 Å². The van der Waals surface area contributed by atoms with Gasteiger partial charge in [-0.05, 0) is 42.7 Å². The molecule has 0 N–H and O–H groups in total. The molecule has 2 aromatic rings. The van der Waals surface area contributed by atoms with Crippen molar-refractivity contribution in [2.45, 2.75) is 18.3 Å². The van der Waals surface area contributed by atoms with Crippen LogP contribution in [0.1, 0.15) is 18.4 Å². The lowest BCUT2D eigenvalue weighted by atomic mass is 9.94. The minimum atomic E-state index is -0.290. The molecule has 1 aromatic carbocycles. The Hall–Kier alpha value is -1.59. The van der Waals surface area contributed by atoms with Crippen LogP contribution in [0, 0.1) is 0 Å². The van der Waals surface area contributed by atoms with Crippen molar-refractivity contribution in [3.63, 3.8) is 0 Å². The summed E-state index contributed by atoms with van der Waals surface area (Å²) in [6.45, 7) is 3.08. The van der Waals surface area contributed by atoms with E-state index < -0.39 is 0 Å². The summed E-state index contributed by atoms with van der Waals surface area (Å²) < 4.78 is 1.04. The van der Waals surface area contributed by atoms with Crippen molar-refractivity contribution < 1.29 is 4.79 Å². The van der Waals surface area contributed by atoms with Gasteiger partial charge in [-0.3, -0.25) is 4.79 Å². The minimum absolute atomic E-state index is 0.276. The molecule has 2 aliphatic rings. The van der Waals surface area contributed by atoms with Crippen molar-refractivity contribution in [2.24, 2.45) is 0 Å². The number of hydrogen-bond donors (Lipinski definition) is 0. The van der Waals surface area contributed by atoms with Crippen LogP contribution in [0.4, 0.5) is 5.82 Å². The van der Waals surface area contributed by atoms with E-state index in [0.29, 0.717) is 5.02 Å². The minimum Gasteiger partial charge on any atom is -0.353 e. The third-order valence-corrected chi connectivity index (χ3v) is 5.91. The molecular formula is C19H19BrClN3O. The Morgan fingerprint density at radius 2 is 1.72 bits per heavy atom. The number of hydrogen-bond acceptors (Lipinski definition) is 3. The average molecular weight is 421 g/mol. The van der Waals surface area contributed by atoms with Crippen molar-refractivity contribution in [2.75, 3.05) is 31.1 Å². The molecule has 1 aromatic heterocycles. The Morgan fingerprint density at radius 1 is 1.04 bits per heavy atom. The average Bonchev–Trinajstić information content (AvgIpc) is 3.44. The molecule has 1 amide bonds. The van der Waals surface area contributed by atoms with Gasteiger partial charge < -0.3 is 9.80 Å². The Kier molecular flexibility index (Phi) is 4.46. The predicted molar refractivity (Wildman–Crippen MR) is 103 cm³/mol. The molecule has 0 radical (unpaired) electrons. The van der Waals surface area contributed by atoms with E-state index >= 15 is 0 Å². The zero-order valence-electron chi connectivity index (χ0n) is 13.8. The Labute approximate surface area is 160 Å². The highest BCUT2D eigenvalue weighted by atomic mass is 79.9. The van der Waals surface area contributed by atoms with Gasteiger partial charge in [-0.2, -0.15) is 0 Å². The van der Waals surface area contributed by atoms with Gasteiger partial charge in [-0.25, -0.2) is 4.98 Å². The number of anilines is 1. The Balaban J connectivity index is 1.43. The summed E-state index contributed by atoms with van der Waals surface area (Å²) >= 11 is 9.37. The summed E-state index contributed by atoms with van der Waals surface area (Å²) in [5.74, 6) is 1.20. The van der Waals surface area contributed by atoms with Crippen LogP contribution in [-0.4, -0.2) is 42.0 Å². The number of benzene rings is 1. The van der Waals surface area contributed by atoms with E-state index in [1.165, 1.54) is 0 Å². The smallest absolute Gasteiger partial charge is 0.233 e. The molecule has 0 bridgehead atoms. The molecule has 6 heteroatoms. The number of piperazine rings is 1. The maximum absolute atomic E-state index is 13.1. The van der Waals surface area contributed by atoms with Crippen LogP contribution in [0.25, 0.3) is 0 Å². The number of carbonyl (C=O) groups excluding carboxylic acids is 1. The lowest BCUT2D eigenvalue weighted by molar-refractivity contribution is -0.134. The summed E-state index contributed by atoms with van der Waals surface area (Å²) in [4.78, 5) is 21.7. The summed E-state index contributed by atoms with van der Waals surface area (Å²) in [6, 6.07) is 12.0. The number of nitrogens with zero attached hydrogens (tertiary/aromatic N) is 3. The van der Waals surface area contributed by atoms with Crippen LogP contribution in [0.5, 0.6) is 0 Å². The molecule has 4 nitrogen and oxygen atoms in total. The van der Waals surface area contributed by atoms with Gasteiger partial charge >= 0.3 is 0 Å². The molecule has 1 aliphatic heterocycles. The second-order valence-corrected chi connectivity index (χ2v) is 8.05. The maximum Gasteiger partial charge on any atom is 0.233 e. The monoisotopic (exact) mass is 419 g/mol.